The first-order valence-corrected chi connectivity index (χ1v) is 12.3. The quantitative estimate of drug-likeness (QED) is 0.322. The molecule has 0 unspecified atom stereocenters. The second-order valence-electron chi connectivity index (χ2n) is 7.62. The van der Waals surface area contributed by atoms with Crippen LogP contribution in [0.25, 0.3) is 11.4 Å². The minimum absolute atomic E-state index is 0.288. The zero-order valence-electron chi connectivity index (χ0n) is 16.9. The fourth-order valence-corrected chi connectivity index (χ4v) is 5.52. The van der Waals surface area contributed by atoms with E-state index in [1.807, 2.05) is 0 Å². The molecule has 5 rings (SSSR count). The lowest BCUT2D eigenvalue weighted by atomic mass is 9.95. The van der Waals surface area contributed by atoms with Gasteiger partial charge >= 0.3 is 0 Å². The second kappa shape index (κ2) is 9.32. The number of thioether (sulfide) groups is 1. The summed E-state index contributed by atoms with van der Waals surface area (Å²) >= 11 is 3.32. The van der Waals surface area contributed by atoms with Crippen LogP contribution >= 0.6 is 23.1 Å². The Morgan fingerprint density at radius 2 is 1.94 bits per heavy atom. The van der Waals surface area contributed by atoms with E-state index in [0.717, 1.165) is 35.8 Å². The summed E-state index contributed by atoms with van der Waals surface area (Å²) in [5.41, 5.74) is 0.727. The summed E-state index contributed by atoms with van der Waals surface area (Å²) in [6.07, 6.45) is 6.93. The first-order valence-electron chi connectivity index (χ1n) is 10.4. The van der Waals surface area contributed by atoms with Crippen LogP contribution in [-0.4, -0.2) is 24.9 Å². The summed E-state index contributed by atoms with van der Waals surface area (Å²) in [6, 6.07) is 10.7. The van der Waals surface area contributed by atoms with Gasteiger partial charge in [-0.05, 0) is 48.6 Å². The van der Waals surface area contributed by atoms with Gasteiger partial charge in [0.05, 0.1) is 5.75 Å². The highest BCUT2D eigenvalue weighted by atomic mass is 32.2. The minimum Gasteiger partial charge on any atom is -0.338 e. The van der Waals surface area contributed by atoms with Crippen LogP contribution in [0, 0.1) is 5.82 Å². The number of thiophene rings is 1. The summed E-state index contributed by atoms with van der Waals surface area (Å²) in [5.74, 6) is 2.22. The maximum Gasteiger partial charge on any atom is 0.237 e. The molecule has 1 fully saturated rings. The molecule has 0 radical (unpaired) electrons. The van der Waals surface area contributed by atoms with E-state index in [1.54, 1.807) is 35.2 Å². The number of rotatable bonds is 7. The summed E-state index contributed by atoms with van der Waals surface area (Å²) < 4.78 is 20.9. The third-order valence-corrected chi connectivity index (χ3v) is 7.29. The highest BCUT2D eigenvalue weighted by molar-refractivity contribution is 7.98. The van der Waals surface area contributed by atoms with Crippen LogP contribution in [0.3, 0.4) is 0 Å². The van der Waals surface area contributed by atoms with Crippen molar-refractivity contribution in [1.29, 1.82) is 0 Å². The average Bonchev–Trinajstić information content (AvgIpc) is 3.55. The normalized spacial score (nSPS) is 14.9. The van der Waals surface area contributed by atoms with E-state index in [0.29, 0.717) is 23.5 Å². The molecule has 0 N–H and O–H groups in total. The Kier molecular flexibility index (Phi) is 6.13. The number of hydrogen-bond donors (Lipinski definition) is 0. The maximum absolute atomic E-state index is 13.1. The van der Waals surface area contributed by atoms with Crippen LogP contribution in [0.4, 0.5) is 4.39 Å². The zero-order chi connectivity index (χ0) is 21.0. The van der Waals surface area contributed by atoms with Crippen molar-refractivity contribution in [3.63, 3.8) is 0 Å². The molecule has 6 nitrogen and oxygen atoms in total. The van der Waals surface area contributed by atoms with E-state index in [-0.39, 0.29) is 5.82 Å². The summed E-state index contributed by atoms with van der Waals surface area (Å²) in [4.78, 5) is 5.75. The number of halogens is 1. The van der Waals surface area contributed by atoms with E-state index in [4.69, 9.17) is 4.52 Å². The third kappa shape index (κ3) is 4.72. The fourth-order valence-electron chi connectivity index (χ4n) is 3.96. The molecule has 3 aromatic heterocycles. The molecular formula is C22H22FN5OS2. The van der Waals surface area contributed by atoms with Gasteiger partial charge < -0.3 is 9.09 Å². The summed E-state index contributed by atoms with van der Waals surface area (Å²) in [7, 11) is 0. The van der Waals surface area contributed by atoms with E-state index in [1.165, 1.54) is 36.3 Å². The predicted molar refractivity (Wildman–Crippen MR) is 119 cm³/mol. The SMILES string of the molecule is Fc1ccc(-c2noc(CSc3nnc(Cc4cccs4)n3C3CCCCC3)n2)cc1. The van der Waals surface area contributed by atoms with Gasteiger partial charge in [0, 0.05) is 22.9 Å². The summed E-state index contributed by atoms with van der Waals surface area (Å²) in [6.45, 7) is 0. The van der Waals surface area contributed by atoms with Crippen molar-refractivity contribution in [2.45, 2.75) is 55.5 Å². The van der Waals surface area contributed by atoms with Gasteiger partial charge in [-0.25, -0.2) is 4.39 Å². The Bertz CT molecular complexity index is 1120. The molecule has 160 valence electrons. The van der Waals surface area contributed by atoms with Crippen molar-refractivity contribution < 1.29 is 8.91 Å². The van der Waals surface area contributed by atoms with Gasteiger partial charge in [0.25, 0.3) is 0 Å². The van der Waals surface area contributed by atoms with Gasteiger partial charge in [0.1, 0.15) is 11.6 Å². The highest BCUT2D eigenvalue weighted by Gasteiger charge is 2.24. The molecule has 4 aromatic rings. The first-order chi connectivity index (χ1) is 15.3. The number of aromatic nitrogens is 5. The molecule has 0 bridgehead atoms. The van der Waals surface area contributed by atoms with Gasteiger partial charge in [0.15, 0.2) is 5.16 Å². The number of hydrogen-bond acceptors (Lipinski definition) is 7. The van der Waals surface area contributed by atoms with Gasteiger partial charge in [-0.2, -0.15) is 4.98 Å². The standard InChI is InChI=1S/C22H22FN5OS2/c23-16-10-8-15(9-11-16)21-24-20(29-27-21)14-31-22-26-25-19(13-18-7-4-12-30-18)28(22)17-5-2-1-3-6-17/h4,7-12,17H,1-3,5-6,13-14H2. The van der Waals surface area contributed by atoms with Crippen molar-refractivity contribution in [2.24, 2.45) is 0 Å². The molecular weight excluding hydrogens is 433 g/mol. The maximum atomic E-state index is 13.1. The molecule has 0 spiro atoms. The number of nitrogens with zero attached hydrogens (tertiary/aromatic N) is 5. The Hall–Kier alpha value is -2.52. The van der Waals surface area contributed by atoms with Crippen molar-refractivity contribution in [3.05, 3.63) is 64.2 Å². The smallest absolute Gasteiger partial charge is 0.237 e. The topological polar surface area (TPSA) is 69.6 Å². The fraction of sp³-hybridized carbons (Fsp3) is 0.364. The summed E-state index contributed by atoms with van der Waals surface area (Å²) in [5, 5.41) is 16.1. The van der Waals surface area contributed by atoms with Gasteiger partial charge in [-0.3, -0.25) is 0 Å². The van der Waals surface area contributed by atoms with Gasteiger partial charge in [-0.15, -0.1) is 21.5 Å². The van der Waals surface area contributed by atoms with Crippen molar-refractivity contribution in [1.82, 2.24) is 24.9 Å². The highest BCUT2D eigenvalue weighted by Crippen LogP contribution is 2.34. The first kappa shape index (κ1) is 20.4. The van der Waals surface area contributed by atoms with Gasteiger partial charge in [-0.1, -0.05) is 42.2 Å². The Labute approximate surface area is 187 Å². The van der Waals surface area contributed by atoms with Crippen LogP contribution in [0.5, 0.6) is 0 Å². The minimum atomic E-state index is -0.288. The zero-order valence-corrected chi connectivity index (χ0v) is 18.5. The molecule has 1 saturated carbocycles. The molecule has 1 aromatic carbocycles. The van der Waals surface area contributed by atoms with Crippen LogP contribution in [0.15, 0.2) is 51.5 Å². The lowest BCUT2D eigenvalue weighted by molar-refractivity contribution is 0.330. The van der Waals surface area contributed by atoms with Crippen molar-refractivity contribution in [2.75, 3.05) is 0 Å². The third-order valence-electron chi connectivity index (χ3n) is 5.48. The lowest BCUT2D eigenvalue weighted by Crippen LogP contribution is -2.16. The molecule has 0 aliphatic heterocycles. The largest absolute Gasteiger partial charge is 0.338 e. The number of benzene rings is 1. The molecule has 3 heterocycles. The Morgan fingerprint density at radius 3 is 2.71 bits per heavy atom. The molecule has 0 atom stereocenters. The van der Waals surface area contributed by atoms with E-state index in [2.05, 4.69) is 42.4 Å². The lowest BCUT2D eigenvalue weighted by Gasteiger charge is -2.25. The second-order valence-corrected chi connectivity index (χ2v) is 9.60. The van der Waals surface area contributed by atoms with Crippen LogP contribution in [0.2, 0.25) is 0 Å². The van der Waals surface area contributed by atoms with E-state index < -0.39 is 0 Å². The molecule has 0 amide bonds. The predicted octanol–water partition coefficient (Wildman–Crippen LogP) is 5.92. The van der Waals surface area contributed by atoms with Gasteiger partial charge in [0.2, 0.25) is 11.7 Å². The molecule has 1 aliphatic carbocycles. The molecule has 9 heteroatoms. The van der Waals surface area contributed by atoms with Crippen molar-refractivity contribution in [3.8, 4) is 11.4 Å². The van der Waals surface area contributed by atoms with Crippen LogP contribution in [-0.2, 0) is 12.2 Å². The van der Waals surface area contributed by atoms with E-state index >= 15 is 0 Å². The van der Waals surface area contributed by atoms with Crippen LogP contribution < -0.4 is 0 Å². The Balaban J connectivity index is 1.34. The van der Waals surface area contributed by atoms with Crippen LogP contribution in [0.1, 0.15) is 54.7 Å². The molecule has 31 heavy (non-hydrogen) atoms. The van der Waals surface area contributed by atoms with Crippen molar-refractivity contribution >= 4 is 23.1 Å². The molecule has 1 aliphatic rings. The average molecular weight is 456 g/mol. The molecule has 0 saturated heterocycles. The monoisotopic (exact) mass is 455 g/mol. The van der Waals surface area contributed by atoms with E-state index in [9.17, 15) is 4.39 Å². The Morgan fingerprint density at radius 1 is 1.10 bits per heavy atom.